The van der Waals surface area contributed by atoms with E-state index in [9.17, 15) is 30.2 Å². The Balaban J connectivity index is 1.49. The van der Waals surface area contributed by atoms with Crippen molar-refractivity contribution in [2.45, 2.75) is 38.3 Å². The molecule has 2 amide bonds. The second-order valence-corrected chi connectivity index (χ2v) is 9.29. The Hall–Kier alpha value is -4.06. The van der Waals surface area contributed by atoms with Gasteiger partial charge in [-0.15, -0.1) is 0 Å². The van der Waals surface area contributed by atoms with E-state index in [4.69, 9.17) is 5.73 Å². The highest BCUT2D eigenvalue weighted by Crippen LogP contribution is 2.47. The maximum Gasteiger partial charge on any atom is 0.389 e. The van der Waals surface area contributed by atoms with Crippen LogP contribution in [0.4, 0.5) is 5.69 Å². The summed E-state index contributed by atoms with van der Waals surface area (Å²) in [5, 5.41) is 48.7. The van der Waals surface area contributed by atoms with Gasteiger partial charge in [0.1, 0.15) is 5.41 Å². The fourth-order valence-electron chi connectivity index (χ4n) is 4.62. The third kappa shape index (κ3) is 3.92. The lowest BCUT2D eigenvalue weighted by atomic mass is 10.0. The molecule has 3 aromatic rings. The zero-order chi connectivity index (χ0) is 25.8. The maximum absolute atomic E-state index is 13.0. The fraction of sp³-hybridized carbons (Fsp3) is 0.455. The number of primary amides is 1. The standard InChI is InChI=1S/C22H25N9O5/c1-2-12-7-29(20(33)21(11-23)3-4-21)9-15(12)27-17-14(18(24)32)6-25-30-10-16(28-19(17)30)13-5-26-31(8-13)22(34,35)36/h5-6,8,10,12,15,27,34-36H,2-4,7,9H2,1H3,(H2,24,32). The molecule has 188 valence electrons. The van der Waals surface area contributed by atoms with Gasteiger partial charge >= 0.3 is 6.10 Å². The van der Waals surface area contributed by atoms with Gasteiger partial charge in [-0.2, -0.15) is 20.1 Å². The first-order valence-electron chi connectivity index (χ1n) is 11.4. The number of anilines is 1. The number of likely N-dealkylation sites (tertiary alicyclic amines) is 1. The lowest BCUT2D eigenvalue weighted by Gasteiger charge is -2.21. The van der Waals surface area contributed by atoms with E-state index < -0.39 is 17.4 Å². The van der Waals surface area contributed by atoms with Gasteiger partial charge in [0.25, 0.3) is 5.91 Å². The summed E-state index contributed by atoms with van der Waals surface area (Å²) in [7, 11) is 0. The van der Waals surface area contributed by atoms with E-state index >= 15 is 0 Å². The molecule has 14 nitrogen and oxygen atoms in total. The lowest BCUT2D eigenvalue weighted by Crippen LogP contribution is -2.36. The van der Waals surface area contributed by atoms with E-state index in [0.29, 0.717) is 47.6 Å². The molecule has 0 spiro atoms. The third-order valence-electron chi connectivity index (χ3n) is 6.90. The fourth-order valence-corrected chi connectivity index (χ4v) is 4.62. The van der Waals surface area contributed by atoms with Crippen molar-refractivity contribution in [2.24, 2.45) is 17.1 Å². The van der Waals surface area contributed by atoms with Gasteiger partial charge in [-0.05, 0) is 25.2 Å². The number of nitrogens with zero attached hydrogens (tertiary/aromatic N) is 7. The molecule has 0 aromatic carbocycles. The lowest BCUT2D eigenvalue weighted by molar-refractivity contribution is -0.380. The zero-order valence-electron chi connectivity index (χ0n) is 19.4. The molecule has 1 aliphatic heterocycles. The van der Waals surface area contributed by atoms with Crippen LogP contribution in [0.2, 0.25) is 0 Å². The summed E-state index contributed by atoms with van der Waals surface area (Å²) in [6.07, 6.45) is 4.06. The van der Waals surface area contributed by atoms with E-state index in [0.717, 1.165) is 6.42 Å². The van der Waals surface area contributed by atoms with Crippen LogP contribution in [-0.4, -0.2) is 75.5 Å². The van der Waals surface area contributed by atoms with Gasteiger partial charge in [-0.3, -0.25) is 9.59 Å². The molecular weight excluding hydrogens is 470 g/mol. The van der Waals surface area contributed by atoms with Gasteiger partial charge < -0.3 is 31.3 Å². The number of nitriles is 1. The Kier molecular flexibility index (Phi) is 5.43. The van der Waals surface area contributed by atoms with Crippen LogP contribution >= 0.6 is 0 Å². The summed E-state index contributed by atoms with van der Waals surface area (Å²) >= 11 is 0. The number of fused-ring (bicyclic) bond motifs is 1. The topological polar surface area (TPSA) is 208 Å². The van der Waals surface area contributed by atoms with Gasteiger partial charge in [-0.25, -0.2) is 9.50 Å². The summed E-state index contributed by atoms with van der Waals surface area (Å²) in [5.41, 5.74) is 6.14. The summed E-state index contributed by atoms with van der Waals surface area (Å²) < 4.78 is 1.97. The average Bonchev–Trinajstić information content (AvgIpc) is 3.19. The van der Waals surface area contributed by atoms with Crippen LogP contribution in [0.15, 0.2) is 24.8 Å². The van der Waals surface area contributed by atoms with E-state index in [2.05, 4.69) is 26.6 Å². The van der Waals surface area contributed by atoms with Crippen molar-refractivity contribution in [1.29, 1.82) is 5.26 Å². The summed E-state index contributed by atoms with van der Waals surface area (Å²) in [6.45, 7) is 2.86. The smallest absolute Gasteiger partial charge is 0.376 e. The van der Waals surface area contributed by atoms with E-state index in [1.807, 2.05) is 6.92 Å². The monoisotopic (exact) mass is 495 g/mol. The van der Waals surface area contributed by atoms with E-state index in [-0.39, 0.29) is 29.1 Å². The molecule has 0 radical (unpaired) electrons. The number of imidazole rings is 1. The number of aromatic nitrogens is 5. The summed E-state index contributed by atoms with van der Waals surface area (Å²) in [4.78, 5) is 31.4. The number of nitrogens with two attached hydrogens (primary N) is 1. The molecule has 0 bridgehead atoms. The molecule has 1 saturated heterocycles. The number of carbonyl (C=O) groups is 2. The molecule has 2 atom stereocenters. The molecule has 6 N–H and O–H groups in total. The minimum absolute atomic E-state index is 0.0665. The highest BCUT2D eigenvalue weighted by Gasteiger charge is 2.54. The van der Waals surface area contributed by atoms with Gasteiger partial charge in [0, 0.05) is 30.9 Å². The Morgan fingerprint density at radius 1 is 1.25 bits per heavy atom. The van der Waals surface area contributed by atoms with Gasteiger partial charge in [-0.1, -0.05) is 6.92 Å². The number of amides is 2. The van der Waals surface area contributed by atoms with E-state index in [1.54, 1.807) is 11.1 Å². The van der Waals surface area contributed by atoms with Gasteiger partial charge in [0.15, 0.2) is 5.65 Å². The highest BCUT2D eigenvalue weighted by molar-refractivity contribution is 6.01. The molecule has 1 aliphatic carbocycles. The Bertz CT molecular complexity index is 1400. The number of aliphatic hydroxyl groups is 3. The molecule has 2 unspecified atom stereocenters. The summed E-state index contributed by atoms with van der Waals surface area (Å²) in [6, 6.07) is 1.93. The van der Waals surface area contributed by atoms with Crippen LogP contribution < -0.4 is 11.1 Å². The molecule has 3 aromatic heterocycles. The number of hydrogen-bond acceptors (Lipinski definition) is 10. The predicted molar refractivity (Wildman–Crippen MR) is 122 cm³/mol. The number of rotatable bonds is 7. The molecule has 4 heterocycles. The zero-order valence-corrected chi connectivity index (χ0v) is 19.4. The van der Waals surface area contributed by atoms with Crippen molar-refractivity contribution in [1.82, 2.24) is 29.3 Å². The molecular formula is C22H25N9O5. The van der Waals surface area contributed by atoms with Crippen LogP contribution in [0.3, 0.4) is 0 Å². The molecule has 5 rings (SSSR count). The van der Waals surface area contributed by atoms with Gasteiger partial charge in [0.05, 0.1) is 41.6 Å². The van der Waals surface area contributed by atoms with Crippen molar-refractivity contribution in [3.8, 4) is 17.3 Å². The minimum Gasteiger partial charge on any atom is -0.376 e. The van der Waals surface area contributed by atoms with Crippen LogP contribution in [0.1, 0.15) is 36.5 Å². The first-order chi connectivity index (χ1) is 17.1. The largest absolute Gasteiger partial charge is 0.389 e. The minimum atomic E-state index is -3.17. The van der Waals surface area contributed by atoms with E-state index in [1.165, 1.54) is 23.1 Å². The number of carbonyl (C=O) groups excluding carboxylic acids is 2. The number of nitrogens with one attached hydrogen (secondary N) is 1. The molecule has 36 heavy (non-hydrogen) atoms. The van der Waals surface area contributed by atoms with Crippen LogP contribution in [0.5, 0.6) is 0 Å². The first kappa shape index (κ1) is 23.7. The molecule has 2 aliphatic rings. The average molecular weight is 496 g/mol. The van der Waals surface area contributed by atoms with Crippen LogP contribution in [0.25, 0.3) is 16.9 Å². The summed E-state index contributed by atoms with van der Waals surface area (Å²) in [5.74, 6) is -0.802. The third-order valence-corrected chi connectivity index (χ3v) is 6.90. The Morgan fingerprint density at radius 3 is 2.58 bits per heavy atom. The van der Waals surface area contributed by atoms with Crippen LogP contribution in [0, 0.1) is 22.7 Å². The second kappa shape index (κ2) is 8.26. The predicted octanol–water partition coefficient (Wildman–Crippen LogP) is -0.811. The molecule has 1 saturated carbocycles. The first-order valence-corrected chi connectivity index (χ1v) is 11.4. The Morgan fingerprint density at radius 2 is 2.00 bits per heavy atom. The van der Waals surface area contributed by atoms with Crippen molar-refractivity contribution >= 4 is 23.1 Å². The molecule has 2 fully saturated rings. The molecule has 14 heteroatoms. The normalized spacial score (nSPS) is 20.9. The second-order valence-electron chi connectivity index (χ2n) is 9.29. The number of hydrogen-bond donors (Lipinski definition) is 5. The van der Waals surface area contributed by atoms with Crippen molar-refractivity contribution in [2.75, 3.05) is 18.4 Å². The van der Waals surface area contributed by atoms with Crippen molar-refractivity contribution in [3.05, 3.63) is 30.4 Å². The quantitative estimate of drug-likeness (QED) is 0.257. The Labute approximate surface area is 204 Å². The SMILES string of the molecule is CCC1CN(C(=O)C2(C#N)CC2)CC1Nc1c(C(N)=O)cnn2cc(-c3cnn(C(O)(O)O)c3)nc12. The highest BCUT2D eigenvalue weighted by atomic mass is 16.7. The van der Waals surface area contributed by atoms with Crippen molar-refractivity contribution < 1.29 is 24.9 Å². The van der Waals surface area contributed by atoms with Crippen LogP contribution in [-0.2, 0) is 10.9 Å². The van der Waals surface area contributed by atoms with Gasteiger partial charge in [0.2, 0.25) is 5.91 Å². The maximum atomic E-state index is 13.0. The van der Waals surface area contributed by atoms with Crippen molar-refractivity contribution in [3.63, 3.8) is 0 Å².